The van der Waals surface area contributed by atoms with Crippen molar-refractivity contribution in [1.29, 1.82) is 0 Å². The molecule has 0 aliphatic carbocycles. The van der Waals surface area contributed by atoms with Gasteiger partial charge in [-0.15, -0.1) is 11.3 Å². The summed E-state index contributed by atoms with van der Waals surface area (Å²) in [5, 5.41) is 0.732. The van der Waals surface area contributed by atoms with Gasteiger partial charge in [-0.25, -0.2) is 14.4 Å². The van der Waals surface area contributed by atoms with Gasteiger partial charge in [0.25, 0.3) is 0 Å². The number of benzene rings is 1. The number of hydrogen-bond acceptors (Lipinski definition) is 5. The predicted molar refractivity (Wildman–Crippen MR) is 102 cm³/mol. The lowest BCUT2D eigenvalue weighted by Crippen LogP contribution is -2.33. The Kier molecular flexibility index (Phi) is 4.96. The van der Waals surface area contributed by atoms with Crippen molar-refractivity contribution in [2.45, 2.75) is 31.7 Å². The largest absolute Gasteiger partial charge is 0.416 e. The summed E-state index contributed by atoms with van der Waals surface area (Å²) >= 11 is 1.48. The summed E-state index contributed by atoms with van der Waals surface area (Å²) in [4.78, 5) is 12.7. The monoisotopic (exact) mass is 410 g/mol. The van der Waals surface area contributed by atoms with Gasteiger partial charge < -0.3 is 5.73 Å². The molecule has 2 aromatic heterocycles. The maximum Gasteiger partial charge on any atom is 0.416 e. The molecule has 0 unspecified atom stereocenters. The Morgan fingerprint density at radius 1 is 1.11 bits per heavy atom. The molecule has 0 bridgehead atoms. The third kappa shape index (κ3) is 3.95. The quantitative estimate of drug-likeness (QED) is 0.625. The molecule has 2 N–H and O–H groups in total. The first-order valence-corrected chi connectivity index (χ1v) is 9.71. The van der Waals surface area contributed by atoms with Gasteiger partial charge in [0.05, 0.1) is 10.9 Å². The van der Waals surface area contributed by atoms with E-state index >= 15 is 0 Å². The van der Waals surface area contributed by atoms with E-state index in [2.05, 4.69) is 14.9 Å². The minimum absolute atomic E-state index is 0.296. The van der Waals surface area contributed by atoms with Crippen LogP contribution in [-0.4, -0.2) is 34.1 Å². The van der Waals surface area contributed by atoms with Crippen LogP contribution >= 0.6 is 11.3 Å². The Balaban J connectivity index is 1.59. The molecule has 0 saturated carbocycles. The van der Waals surface area contributed by atoms with Gasteiger partial charge in [-0.05, 0) is 31.0 Å². The molecule has 9 heteroatoms. The molecule has 28 heavy (non-hydrogen) atoms. The summed E-state index contributed by atoms with van der Waals surface area (Å²) in [5.74, 6) is 0.593. The maximum atomic E-state index is 13.3. The first kappa shape index (κ1) is 19.1. The van der Waals surface area contributed by atoms with Crippen LogP contribution in [-0.2, 0) is 12.7 Å². The van der Waals surface area contributed by atoms with Crippen LogP contribution in [0.2, 0.25) is 0 Å². The Bertz CT molecular complexity index is 976. The number of nitrogens with zero attached hydrogens (tertiary/aromatic N) is 3. The number of piperidine rings is 1. The highest BCUT2D eigenvalue weighted by molar-refractivity contribution is 7.18. The smallest absolute Gasteiger partial charge is 0.383 e. The average molecular weight is 410 g/mol. The predicted octanol–water partition coefficient (Wildman–Crippen LogP) is 4.89. The highest BCUT2D eigenvalue weighted by Gasteiger charge is 2.30. The number of nitrogen functional groups attached to an aromatic ring is 1. The van der Waals surface area contributed by atoms with Crippen molar-refractivity contribution in [1.82, 2.24) is 14.9 Å². The van der Waals surface area contributed by atoms with E-state index in [-0.39, 0.29) is 0 Å². The van der Waals surface area contributed by atoms with E-state index in [0.29, 0.717) is 54.5 Å². The summed E-state index contributed by atoms with van der Waals surface area (Å²) in [6.45, 7) is 2.13. The summed E-state index contributed by atoms with van der Waals surface area (Å²) in [6.07, 6.45) is -4.01. The highest BCUT2D eigenvalue weighted by atomic mass is 32.1. The van der Waals surface area contributed by atoms with Crippen LogP contribution in [0.25, 0.3) is 21.6 Å². The van der Waals surface area contributed by atoms with Crippen LogP contribution < -0.4 is 5.73 Å². The molecular formula is C19H18F4N4S. The molecule has 1 aromatic carbocycles. The number of aromatic nitrogens is 2. The van der Waals surface area contributed by atoms with Crippen molar-refractivity contribution in [3.8, 4) is 11.4 Å². The van der Waals surface area contributed by atoms with Crippen LogP contribution in [0.3, 0.4) is 0 Å². The fourth-order valence-corrected chi connectivity index (χ4v) is 4.37. The molecule has 148 valence electrons. The lowest BCUT2D eigenvalue weighted by Gasteiger charge is -2.27. The van der Waals surface area contributed by atoms with Crippen molar-refractivity contribution < 1.29 is 17.6 Å². The van der Waals surface area contributed by atoms with Gasteiger partial charge >= 0.3 is 6.18 Å². The molecule has 3 aromatic rings. The van der Waals surface area contributed by atoms with E-state index in [1.54, 1.807) is 0 Å². The molecule has 1 saturated heterocycles. The second-order valence-corrected chi connectivity index (χ2v) is 8.01. The minimum atomic E-state index is -4.39. The van der Waals surface area contributed by atoms with Crippen molar-refractivity contribution in [2.75, 3.05) is 18.8 Å². The zero-order valence-corrected chi connectivity index (χ0v) is 15.7. The number of thiophene rings is 1. The number of nitrogens with two attached hydrogens (primary N) is 1. The third-order valence-electron chi connectivity index (χ3n) is 4.84. The Hall–Kier alpha value is -2.26. The van der Waals surface area contributed by atoms with Gasteiger partial charge in [0.2, 0.25) is 0 Å². The summed E-state index contributed by atoms with van der Waals surface area (Å²) in [6, 6.07) is 6.65. The van der Waals surface area contributed by atoms with E-state index in [1.807, 2.05) is 6.07 Å². The summed E-state index contributed by atoms with van der Waals surface area (Å²) in [7, 11) is 0. The van der Waals surface area contributed by atoms with Gasteiger partial charge in [-0.1, -0.05) is 12.1 Å². The van der Waals surface area contributed by atoms with Crippen LogP contribution in [0.4, 0.5) is 23.4 Å². The van der Waals surface area contributed by atoms with Crippen LogP contribution in [0.15, 0.2) is 30.3 Å². The molecule has 0 radical (unpaired) electrons. The van der Waals surface area contributed by atoms with Crippen molar-refractivity contribution >= 4 is 27.4 Å². The van der Waals surface area contributed by atoms with E-state index in [0.717, 1.165) is 22.4 Å². The number of hydrogen-bond donors (Lipinski definition) is 1. The summed E-state index contributed by atoms with van der Waals surface area (Å²) < 4.78 is 51.5. The fourth-order valence-electron chi connectivity index (χ4n) is 3.29. The molecule has 4 rings (SSSR count). The van der Waals surface area contributed by atoms with E-state index in [9.17, 15) is 17.6 Å². The molecular weight excluding hydrogens is 392 g/mol. The van der Waals surface area contributed by atoms with Crippen molar-refractivity contribution in [3.63, 3.8) is 0 Å². The standard InChI is InChI=1S/C19H18F4N4S/c20-13-5-7-27(8-6-13)10-14-9-15-16(24)25-17(26-18(15)28-14)11-1-3-12(4-2-11)19(21,22)23/h1-4,9,13H,5-8,10H2,(H2,24,25,26). The van der Waals surface area contributed by atoms with Crippen molar-refractivity contribution in [3.05, 3.63) is 40.8 Å². The van der Waals surface area contributed by atoms with Gasteiger partial charge in [0.1, 0.15) is 16.8 Å². The topological polar surface area (TPSA) is 55.0 Å². The molecule has 1 fully saturated rings. The second kappa shape index (κ2) is 7.29. The number of rotatable bonds is 3. The lowest BCUT2D eigenvalue weighted by atomic mass is 10.1. The van der Waals surface area contributed by atoms with Crippen LogP contribution in [0.5, 0.6) is 0 Å². The van der Waals surface area contributed by atoms with E-state index < -0.39 is 17.9 Å². The molecule has 1 aliphatic heterocycles. The molecule has 0 atom stereocenters. The minimum Gasteiger partial charge on any atom is -0.383 e. The van der Waals surface area contributed by atoms with Crippen molar-refractivity contribution in [2.24, 2.45) is 0 Å². The molecule has 0 amide bonds. The normalized spacial score (nSPS) is 16.7. The SMILES string of the molecule is Nc1nc(-c2ccc(C(F)(F)F)cc2)nc2sc(CN3CCC(F)CC3)cc12. The molecule has 4 nitrogen and oxygen atoms in total. The first-order chi connectivity index (χ1) is 13.3. The third-order valence-corrected chi connectivity index (χ3v) is 5.85. The average Bonchev–Trinajstić information content (AvgIpc) is 3.06. The van der Waals surface area contributed by atoms with Crippen LogP contribution in [0.1, 0.15) is 23.3 Å². The Morgan fingerprint density at radius 2 is 1.79 bits per heavy atom. The van der Waals surface area contributed by atoms with Gasteiger partial charge in [0, 0.05) is 30.1 Å². The van der Waals surface area contributed by atoms with Gasteiger partial charge in [0.15, 0.2) is 5.82 Å². The van der Waals surface area contributed by atoms with Gasteiger partial charge in [-0.3, -0.25) is 4.90 Å². The van der Waals surface area contributed by atoms with E-state index in [4.69, 9.17) is 5.73 Å². The number of alkyl halides is 4. The molecule has 0 spiro atoms. The number of fused-ring (bicyclic) bond motifs is 1. The fraction of sp³-hybridized carbons (Fsp3) is 0.368. The zero-order chi connectivity index (χ0) is 19.9. The molecule has 1 aliphatic rings. The number of anilines is 1. The Labute approximate surface area is 163 Å². The first-order valence-electron chi connectivity index (χ1n) is 8.89. The highest BCUT2D eigenvalue weighted by Crippen LogP contribution is 2.33. The molecule has 3 heterocycles. The van der Waals surface area contributed by atoms with Crippen LogP contribution in [0, 0.1) is 0 Å². The maximum absolute atomic E-state index is 13.3. The lowest BCUT2D eigenvalue weighted by molar-refractivity contribution is -0.137. The van der Waals surface area contributed by atoms with Gasteiger partial charge in [-0.2, -0.15) is 13.2 Å². The number of halogens is 4. The van der Waals surface area contributed by atoms with E-state index in [1.165, 1.54) is 23.5 Å². The summed E-state index contributed by atoms with van der Waals surface area (Å²) in [5.41, 5.74) is 5.82. The number of likely N-dealkylation sites (tertiary alicyclic amines) is 1. The second-order valence-electron chi connectivity index (χ2n) is 6.89. The Morgan fingerprint density at radius 3 is 2.43 bits per heavy atom. The zero-order valence-electron chi connectivity index (χ0n) is 14.8.